The van der Waals surface area contributed by atoms with Crippen molar-refractivity contribution < 1.29 is 9.47 Å². The smallest absolute Gasteiger partial charge is 0.0462 e. The molecule has 0 saturated carbocycles. The molecule has 2 aromatic carbocycles. The normalized spacial score (nSPS) is 11.5. The Hall–Kier alpha value is -1.21. The molecule has 0 heterocycles. The van der Waals surface area contributed by atoms with E-state index in [-0.39, 0.29) is 0 Å². The molecule has 0 aliphatic carbocycles. The number of benzene rings is 2. The Balaban J connectivity index is 1.98. The Bertz CT molecular complexity index is 657. The minimum absolute atomic E-state index is 0.753. The number of methoxy groups -OCH3 is 2. The third-order valence-corrected chi connectivity index (χ3v) is 6.76. The first-order valence-corrected chi connectivity index (χ1v) is 12.3. The van der Waals surface area contributed by atoms with Crippen LogP contribution in [0.5, 0.6) is 0 Å². The van der Waals surface area contributed by atoms with E-state index in [0.29, 0.717) is 0 Å². The van der Waals surface area contributed by atoms with Gasteiger partial charge in [-0.15, -0.1) is 0 Å². The lowest BCUT2D eigenvalue weighted by atomic mass is 9.96. The van der Waals surface area contributed by atoms with E-state index in [2.05, 4.69) is 48.5 Å². The van der Waals surface area contributed by atoms with Gasteiger partial charge in [-0.25, -0.2) is 0 Å². The van der Waals surface area contributed by atoms with E-state index < -0.39 is 0 Å². The molecular formula is C26H39O2P. The monoisotopic (exact) mass is 414 g/mol. The highest BCUT2D eigenvalue weighted by molar-refractivity contribution is 7.55. The summed E-state index contributed by atoms with van der Waals surface area (Å²) in [5.74, 6) is 0. The van der Waals surface area contributed by atoms with Gasteiger partial charge in [-0.3, -0.25) is 0 Å². The van der Waals surface area contributed by atoms with E-state index in [0.717, 1.165) is 21.8 Å². The van der Waals surface area contributed by atoms with Crippen molar-refractivity contribution in [1.82, 2.24) is 0 Å². The van der Waals surface area contributed by atoms with Gasteiger partial charge in [0.2, 0.25) is 0 Å². The predicted octanol–water partition coefficient (Wildman–Crippen LogP) is 5.81. The molecule has 2 aromatic rings. The molecule has 2 rings (SSSR count). The summed E-state index contributed by atoms with van der Waals surface area (Å²) in [5, 5.41) is 2.98. The summed E-state index contributed by atoms with van der Waals surface area (Å²) in [6.07, 6.45) is 12.5. The van der Waals surface area contributed by atoms with Crippen LogP contribution in [-0.4, -0.2) is 27.4 Å². The summed E-state index contributed by atoms with van der Waals surface area (Å²) < 4.78 is 10.4. The van der Waals surface area contributed by atoms with Gasteiger partial charge < -0.3 is 9.47 Å². The maximum atomic E-state index is 5.18. The van der Waals surface area contributed by atoms with Crippen molar-refractivity contribution in [2.24, 2.45) is 0 Å². The van der Waals surface area contributed by atoms with Gasteiger partial charge in [0.05, 0.1) is 0 Å². The second kappa shape index (κ2) is 15.6. The highest BCUT2D eigenvalue weighted by Gasteiger charge is 2.09. The zero-order valence-corrected chi connectivity index (χ0v) is 19.4. The van der Waals surface area contributed by atoms with Gasteiger partial charge in [0.15, 0.2) is 0 Å². The average Bonchev–Trinajstić information content (AvgIpc) is 2.75. The van der Waals surface area contributed by atoms with Crippen molar-refractivity contribution >= 4 is 19.2 Å². The largest absolute Gasteiger partial charge is 0.385 e. The van der Waals surface area contributed by atoms with E-state index in [1.165, 1.54) is 69.5 Å². The second-order valence-electron chi connectivity index (χ2n) is 7.75. The average molecular weight is 415 g/mol. The molecule has 160 valence electrons. The summed E-state index contributed by atoms with van der Waals surface area (Å²) in [6, 6.07) is 17.9. The molecule has 0 aliphatic heterocycles. The number of ether oxygens (including phenoxy) is 2. The van der Waals surface area contributed by atoms with E-state index in [4.69, 9.17) is 9.47 Å². The number of rotatable bonds is 16. The first-order valence-electron chi connectivity index (χ1n) is 11.3. The van der Waals surface area contributed by atoms with Gasteiger partial charge in [0.25, 0.3) is 0 Å². The van der Waals surface area contributed by atoms with Crippen LogP contribution in [0, 0.1) is 0 Å². The summed E-state index contributed by atoms with van der Waals surface area (Å²) in [4.78, 5) is 0. The van der Waals surface area contributed by atoms with Crippen LogP contribution in [-0.2, 0) is 22.3 Å². The molecule has 1 atom stereocenters. The summed E-state index contributed by atoms with van der Waals surface area (Å²) in [5.41, 5.74) is 3.20. The minimum atomic E-state index is 0.753. The van der Waals surface area contributed by atoms with E-state index >= 15 is 0 Å². The Morgan fingerprint density at radius 1 is 0.621 bits per heavy atom. The Morgan fingerprint density at radius 2 is 1.24 bits per heavy atom. The van der Waals surface area contributed by atoms with Crippen LogP contribution < -0.4 is 10.6 Å². The fourth-order valence-electron chi connectivity index (χ4n) is 3.78. The van der Waals surface area contributed by atoms with Crippen LogP contribution in [0.2, 0.25) is 0 Å². The van der Waals surface area contributed by atoms with E-state index in [1.807, 2.05) is 0 Å². The highest BCUT2D eigenvalue weighted by atomic mass is 31.1. The highest BCUT2D eigenvalue weighted by Crippen LogP contribution is 2.21. The zero-order chi connectivity index (χ0) is 20.6. The molecule has 0 bridgehead atoms. The molecule has 0 N–H and O–H groups in total. The Morgan fingerprint density at radius 3 is 1.90 bits per heavy atom. The molecule has 1 unspecified atom stereocenters. The SMILES string of the molecule is COCCCCCCc1cccc(Pc2ccccc2)c1CCCCCCOC. The molecule has 0 aromatic heterocycles. The molecule has 0 amide bonds. The van der Waals surface area contributed by atoms with Crippen molar-refractivity contribution in [1.29, 1.82) is 0 Å². The van der Waals surface area contributed by atoms with Gasteiger partial charge in [0.1, 0.15) is 0 Å². The topological polar surface area (TPSA) is 18.5 Å². The molecule has 0 fully saturated rings. The van der Waals surface area contributed by atoms with Gasteiger partial charge in [-0.1, -0.05) is 82.8 Å². The summed E-state index contributed by atoms with van der Waals surface area (Å²) in [6.45, 7) is 1.78. The fraction of sp³-hybridized carbons (Fsp3) is 0.538. The number of hydrogen-bond donors (Lipinski definition) is 0. The third kappa shape index (κ3) is 9.90. The molecule has 0 saturated heterocycles. The number of unbranched alkanes of at least 4 members (excludes halogenated alkanes) is 6. The standard InChI is InChI=1S/C26H39O2P/c1-27-21-12-5-3-8-15-23-16-14-20-26(29-24-17-9-7-10-18-24)25(23)19-11-4-6-13-22-28-2/h7,9-10,14,16-18,20,29H,3-6,8,11-13,15,19,21-22H2,1-2H3. The van der Waals surface area contributed by atoms with Crippen LogP contribution >= 0.6 is 8.58 Å². The molecule has 3 heteroatoms. The fourth-order valence-corrected chi connectivity index (χ4v) is 5.06. The van der Waals surface area contributed by atoms with Crippen molar-refractivity contribution in [2.75, 3.05) is 27.4 Å². The quantitative estimate of drug-likeness (QED) is 0.255. The second-order valence-corrected chi connectivity index (χ2v) is 9.11. The van der Waals surface area contributed by atoms with Crippen LogP contribution in [0.15, 0.2) is 48.5 Å². The maximum Gasteiger partial charge on any atom is 0.0462 e. The Kier molecular flexibility index (Phi) is 12.9. The summed E-state index contributed by atoms with van der Waals surface area (Å²) >= 11 is 0. The lowest BCUT2D eigenvalue weighted by Gasteiger charge is -2.16. The first kappa shape index (κ1) is 24.1. The van der Waals surface area contributed by atoms with Crippen molar-refractivity contribution in [3.8, 4) is 0 Å². The molecule has 0 spiro atoms. The van der Waals surface area contributed by atoms with Crippen molar-refractivity contribution in [3.05, 3.63) is 59.7 Å². The van der Waals surface area contributed by atoms with E-state index in [1.54, 1.807) is 30.7 Å². The molecule has 0 radical (unpaired) electrons. The molecular weight excluding hydrogens is 375 g/mol. The van der Waals surface area contributed by atoms with Crippen molar-refractivity contribution in [3.63, 3.8) is 0 Å². The van der Waals surface area contributed by atoms with Crippen LogP contribution in [0.4, 0.5) is 0 Å². The summed E-state index contributed by atoms with van der Waals surface area (Å²) in [7, 11) is 4.34. The van der Waals surface area contributed by atoms with E-state index in [9.17, 15) is 0 Å². The number of aryl methyl sites for hydroxylation is 1. The minimum Gasteiger partial charge on any atom is -0.385 e. The lowest BCUT2D eigenvalue weighted by Crippen LogP contribution is -2.12. The lowest BCUT2D eigenvalue weighted by molar-refractivity contribution is 0.192. The van der Waals surface area contributed by atoms with Gasteiger partial charge in [-0.05, 0) is 60.3 Å². The zero-order valence-electron chi connectivity index (χ0n) is 18.4. The molecule has 29 heavy (non-hydrogen) atoms. The third-order valence-electron chi connectivity index (χ3n) is 5.40. The van der Waals surface area contributed by atoms with Crippen LogP contribution in [0.1, 0.15) is 62.5 Å². The van der Waals surface area contributed by atoms with Gasteiger partial charge >= 0.3 is 0 Å². The maximum absolute atomic E-state index is 5.18. The van der Waals surface area contributed by atoms with Gasteiger partial charge in [0, 0.05) is 27.4 Å². The molecule has 2 nitrogen and oxygen atoms in total. The Labute approximate surface area is 180 Å². The predicted molar refractivity (Wildman–Crippen MR) is 129 cm³/mol. The van der Waals surface area contributed by atoms with Gasteiger partial charge in [-0.2, -0.15) is 0 Å². The first-order chi connectivity index (χ1) is 14.3. The molecule has 0 aliphatic rings. The van der Waals surface area contributed by atoms with Crippen LogP contribution in [0.25, 0.3) is 0 Å². The van der Waals surface area contributed by atoms with Crippen molar-refractivity contribution in [2.45, 2.75) is 64.2 Å². The van der Waals surface area contributed by atoms with Crippen LogP contribution in [0.3, 0.4) is 0 Å². The number of hydrogen-bond acceptors (Lipinski definition) is 2.